The van der Waals surface area contributed by atoms with E-state index >= 15 is 0 Å². The number of hydrogen-bond acceptors (Lipinski definition) is 6. The van der Waals surface area contributed by atoms with Gasteiger partial charge >= 0.3 is 5.97 Å². The van der Waals surface area contributed by atoms with Crippen molar-refractivity contribution >= 4 is 23.2 Å². The highest BCUT2D eigenvalue weighted by Crippen LogP contribution is 2.32. The van der Waals surface area contributed by atoms with Gasteiger partial charge in [-0.05, 0) is 49.1 Å². The Balaban J connectivity index is 1.54. The minimum Gasteiger partial charge on any atom is -0.454 e. The molecule has 150 valence electrons. The van der Waals surface area contributed by atoms with Crippen LogP contribution in [-0.2, 0) is 28.9 Å². The number of rotatable bonds is 8. The third-order valence-corrected chi connectivity index (χ3v) is 5.73. The Kier molecular flexibility index (Phi) is 6.57. The van der Waals surface area contributed by atoms with Crippen molar-refractivity contribution in [3.05, 3.63) is 45.1 Å². The molecule has 0 fully saturated rings. The van der Waals surface area contributed by atoms with Crippen molar-refractivity contribution in [2.45, 2.75) is 52.7 Å². The average Bonchev–Trinajstić information content (AvgIpc) is 3.32. The fourth-order valence-corrected chi connectivity index (χ4v) is 4.20. The van der Waals surface area contributed by atoms with Gasteiger partial charge in [-0.25, -0.2) is 4.79 Å². The van der Waals surface area contributed by atoms with Crippen molar-refractivity contribution in [3.63, 3.8) is 0 Å². The molecular formula is C21H25NO5S. The maximum atomic E-state index is 12.4. The number of aryl methyl sites for hydroxylation is 2. The van der Waals surface area contributed by atoms with Crippen LogP contribution in [0.2, 0.25) is 0 Å². The van der Waals surface area contributed by atoms with Gasteiger partial charge in [0.25, 0.3) is 5.91 Å². The number of ether oxygens (including phenoxy) is 3. The number of hydrogen-bond donors (Lipinski definition) is 1. The van der Waals surface area contributed by atoms with Gasteiger partial charge in [-0.3, -0.25) is 4.79 Å². The van der Waals surface area contributed by atoms with E-state index in [0.717, 1.165) is 24.8 Å². The molecule has 0 saturated heterocycles. The summed E-state index contributed by atoms with van der Waals surface area (Å²) in [5.41, 5.74) is 2.06. The second-order valence-corrected chi connectivity index (χ2v) is 7.75. The first-order valence-corrected chi connectivity index (χ1v) is 10.3. The summed E-state index contributed by atoms with van der Waals surface area (Å²) in [6, 6.07) is 7.38. The van der Waals surface area contributed by atoms with Crippen LogP contribution in [0.4, 0.5) is 0 Å². The Morgan fingerprint density at radius 3 is 2.75 bits per heavy atom. The minimum absolute atomic E-state index is 0.209. The lowest BCUT2D eigenvalue weighted by molar-refractivity contribution is -0.129. The molecule has 0 radical (unpaired) electrons. The summed E-state index contributed by atoms with van der Waals surface area (Å²) >= 11 is 1.46. The number of carbonyl (C=O) groups is 2. The molecule has 1 N–H and O–H groups in total. The van der Waals surface area contributed by atoms with Gasteiger partial charge in [-0.15, -0.1) is 11.3 Å². The normalized spacial score (nSPS) is 13.2. The molecule has 1 aromatic carbocycles. The predicted molar refractivity (Wildman–Crippen MR) is 107 cm³/mol. The van der Waals surface area contributed by atoms with Gasteiger partial charge in [0.05, 0.1) is 0 Å². The first kappa shape index (κ1) is 20.2. The van der Waals surface area contributed by atoms with Crippen LogP contribution in [0.5, 0.6) is 11.5 Å². The fourth-order valence-electron chi connectivity index (χ4n) is 2.96. The molecule has 1 aromatic heterocycles. The van der Waals surface area contributed by atoms with E-state index in [1.165, 1.54) is 21.8 Å². The molecular weight excluding hydrogens is 378 g/mol. The molecule has 1 aliphatic heterocycles. The summed E-state index contributed by atoms with van der Waals surface area (Å²) in [6.45, 7) is 6.29. The lowest BCUT2D eigenvalue weighted by atomic mass is 10.1. The van der Waals surface area contributed by atoms with Crippen molar-refractivity contribution in [2.24, 2.45) is 0 Å². The Hall–Kier alpha value is -2.54. The summed E-state index contributed by atoms with van der Waals surface area (Å²) in [5.74, 6) is 0.570. The van der Waals surface area contributed by atoms with E-state index in [-0.39, 0.29) is 12.7 Å². The smallest absolute Gasteiger partial charge is 0.349 e. The van der Waals surface area contributed by atoms with Crippen LogP contribution in [0.3, 0.4) is 0 Å². The van der Waals surface area contributed by atoms with E-state index in [0.29, 0.717) is 22.9 Å². The van der Waals surface area contributed by atoms with Gasteiger partial charge in [-0.1, -0.05) is 26.3 Å². The number of benzene rings is 1. The van der Waals surface area contributed by atoms with Crippen LogP contribution in [0.15, 0.2) is 24.3 Å². The highest BCUT2D eigenvalue weighted by molar-refractivity contribution is 7.14. The maximum Gasteiger partial charge on any atom is 0.349 e. The monoisotopic (exact) mass is 403 g/mol. The van der Waals surface area contributed by atoms with E-state index in [4.69, 9.17) is 14.2 Å². The van der Waals surface area contributed by atoms with E-state index in [2.05, 4.69) is 19.2 Å². The lowest BCUT2D eigenvalue weighted by Crippen LogP contribution is -2.35. The molecule has 6 nitrogen and oxygen atoms in total. The molecule has 0 spiro atoms. The number of esters is 1. The summed E-state index contributed by atoms with van der Waals surface area (Å²) < 4.78 is 16.0. The van der Waals surface area contributed by atoms with E-state index < -0.39 is 12.1 Å². The molecule has 2 heterocycles. The van der Waals surface area contributed by atoms with Gasteiger partial charge in [0, 0.05) is 11.4 Å². The van der Waals surface area contributed by atoms with Crippen molar-refractivity contribution in [1.29, 1.82) is 0 Å². The number of nitrogens with one attached hydrogen (secondary N) is 1. The minimum atomic E-state index is -0.872. The van der Waals surface area contributed by atoms with Crippen LogP contribution in [0, 0.1) is 0 Å². The molecule has 28 heavy (non-hydrogen) atoms. The zero-order valence-corrected chi connectivity index (χ0v) is 17.2. The van der Waals surface area contributed by atoms with Gasteiger partial charge in [0.15, 0.2) is 17.6 Å². The first-order chi connectivity index (χ1) is 13.5. The number of thiophene rings is 1. The second-order valence-electron chi connectivity index (χ2n) is 6.62. The molecule has 0 aliphatic carbocycles. The van der Waals surface area contributed by atoms with Crippen LogP contribution in [-0.4, -0.2) is 24.8 Å². The molecule has 0 unspecified atom stereocenters. The third kappa shape index (κ3) is 4.65. The van der Waals surface area contributed by atoms with E-state index in [9.17, 15) is 9.59 Å². The van der Waals surface area contributed by atoms with E-state index in [1.54, 1.807) is 6.92 Å². The maximum absolute atomic E-state index is 12.4. The number of carbonyl (C=O) groups excluding carboxylic acids is 2. The standard InChI is InChI=1S/C21H25NO5S/c1-4-6-18-15(5-2)10-19(28-18)21(24)27-13(3)20(23)22-11-14-7-8-16-17(9-14)26-12-25-16/h7-10,13H,4-6,11-12H2,1-3H3,(H,22,23)/t13-/m0/s1. The summed E-state index contributed by atoms with van der Waals surface area (Å²) in [4.78, 5) is 26.5. The largest absolute Gasteiger partial charge is 0.454 e. The number of fused-ring (bicyclic) bond motifs is 1. The first-order valence-electron chi connectivity index (χ1n) is 9.50. The Labute approximate surface area is 168 Å². The molecule has 2 aromatic rings. The summed E-state index contributed by atoms with van der Waals surface area (Å²) in [5, 5.41) is 2.79. The van der Waals surface area contributed by atoms with Crippen molar-refractivity contribution < 1.29 is 23.8 Å². The van der Waals surface area contributed by atoms with Gasteiger partial charge < -0.3 is 19.5 Å². The highest BCUT2D eigenvalue weighted by Gasteiger charge is 2.21. The lowest BCUT2D eigenvalue weighted by Gasteiger charge is -2.13. The number of amides is 1. The van der Waals surface area contributed by atoms with Crippen LogP contribution < -0.4 is 14.8 Å². The van der Waals surface area contributed by atoms with Gasteiger partial charge in [0.2, 0.25) is 6.79 Å². The molecule has 0 bridgehead atoms. The molecule has 1 amide bonds. The molecule has 1 aliphatic rings. The van der Waals surface area contributed by atoms with Gasteiger partial charge in [0.1, 0.15) is 4.88 Å². The Morgan fingerprint density at radius 1 is 1.21 bits per heavy atom. The summed E-state index contributed by atoms with van der Waals surface area (Å²) in [7, 11) is 0. The Bertz CT molecular complexity index is 860. The second kappa shape index (κ2) is 9.10. The topological polar surface area (TPSA) is 73.9 Å². The molecule has 3 rings (SSSR count). The van der Waals surface area contributed by atoms with Crippen LogP contribution in [0.1, 0.15) is 52.9 Å². The molecule has 7 heteroatoms. The Morgan fingerprint density at radius 2 is 2.00 bits per heavy atom. The zero-order chi connectivity index (χ0) is 20.1. The van der Waals surface area contributed by atoms with E-state index in [1.807, 2.05) is 24.3 Å². The predicted octanol–water partition coefficient (Wildman–Crippen LogP) is 3.85. The average molecular weight is 404 g/mol. The van der Waals surface area contributed by atoms with Gasteiger partial charge in [-0.2, -0.15) is 0 Å². The SMILES string of the molecule is CCCc1sc(C(=O)O[C@@H](C)C(=O)NCc2ccc3c(c2)OCO3)cc1CC. The fraction of sp³-hybridized carbons (Fsp3) is 0.429. The summed E-state index contributed by atoms with van der Waals surface area (Å²) in [6.07, 6.45) is 1.99. The van der Waals surface area contributed by atoms with Crippen molar-refractivity contribution in [3.8, 4) is 11.5 Å². The molecule has 0 saturated carbocycles. The highest BCUT2D eigenvalue weighted by atomic mass is 32.1. The molecule has 1 atom stereocenters. The zero-order valence-electron chi connectivity index (χ0n) is 16.4. The quantitative estimate of drug-likeness (QED) is 0.678. The third-order valence-electron chi connectivity index (χ3n) is 4.51. The van der Waals surface area contributed by atoms with Crippen LogP contribution >= 0.6 is 11.3 Å². The van der Waals surface area contributed by atoms with Crippen molar-refractivity contribution in [1.82, 2.24) is 5.32 Å². The van der Waals surface area contributed by atoms with Crippen LogP contribution in [0.25, 0.3) is 0 Å². The van der Waals surface area contributed by atoms with Crippen molar-refractivity contribution in [2.75, 3.05) is 6.79 Å².